The van der Waals surface area contributed by atoms with Gasteiger partial charge in [-0.15, -0.1) is 0 Å². The maximum absolute atomic E-state index is 11.7. The van der Waals surface area contributed by atoms with Gasteiger partial charge in [0.25, 0.3) is 0 Å². The molecule has 0 aliphatic carbocycles. The Hall–Kier alpha value is -2.97. The molecule has 0 amide bonds. The highest BCUT2D eigenvalue weighted by molar-refractivity contribution is 7.90. The van der Waals surface area contributed by atoms with E-state index in [0.29, 0.717) is 11.5 Å². The summed E-state index contributed by atoms with van der Waals surface area (Å²) in [6.07, 6.45) is 6.19. The Morgan fingerprint density at radius 1 is 0.968 bits per heavy atom. The summed E-state index contributed by atoms with van der Waals surface area (Å²) in [5.74, 6) is 0.962. The second kappa shape index (κ2) is 7.62. The normalized spacial score (nSPS) is 17.8. The Bertz CT molecular complexity index is 1190. The summed E-state index contributed by atoms with van der Waals surface area (Å²) < 4.78 is 35.9. The highest BCUT2D eigenvalue weighted by atomic mass is 32.2. The Kier molecular flexibility index (Phi) is 4.91. The molecule has 7 nitrogen and oxygen atoms in total. The Labute approximate surface area is 181 Å². The molecule has 31 heavy (non-hydrogen) atoms. The van der Waals surface area contributed by atoms with Gasteiger partial charge in [-0.1, -0.05) is 18.2 Å². The van der Waals surface area contributed by atoms with Crippen LogP contribution in [-0.2, 0) is 21.2 Å². The first-order valence-electron chi connectivity index (χ1n) is 10.2. The van der Waals surface area contributed by atoms with Crippen LogP contribution in [0, 0.1) is 0 Å². The van der Waals surface area contributed by atoms with Gasteiger partial charge in [0, 0.05) is 50.1 Å². The number of aromatic nitrogens is 2. The van der Waals surface area contributed by atoms with E-state index >= 15 is 0 Å². The monoisotopic (exact) mass is 437 g/mol. The highest BCUT2D eigenvalue weighted by Gasteiger charge is 2.41. The maximum Gasteiger partial charge on any atom is 0.225 e. The quantitative estimate of drug-likeness (QED) is 0.621. The van der Waals surface area contributed by atoms with Gasteiger partial charge < -0.3 is 14.4 Å². The first-order valence-corrected chi connectivity index (χ1v) is 12.1. The lowest BCUT2D eigenvalue weighted by atomic mass is 9.99. The SMILES string of the molecule is CS(=O)(=O)c1ccc(-c2ccc3c(c2)COC2(CCN(c4ncccn4)CC2)O3)cc1. The lowest BCUT2D eigenvalue weighted by Gasteiger charge is -2.44. The van der Waals surface area contributed by atoms with Gasteiger partial charge in [-0.2, -0.15) is 0 Å². The number of hydrogen-bond donors (Lipinski definition) is 0. The Balaban J connectivity index is 1.31. The molecule has 0 bridgehead atoms. The summed E-state index contributed by atoms with van der Waals surface area (Å²) in [4.78, 5) is 11.1. The van der Waals surface area contributed by atoms with Gasteiger partial charge in [-0.3, -0.25) is 0 Å². The van der Waals surface area contributed by atoms with Gasteiger partial charge in [0.1, 0.15) is 5.75 Å². The lowest BCUT2D eigenvalue weighted by molar-refractivity contribution is -0.216. The fourth-order valence-electron chi connectivity index (χ4n) is 4.05. The fourth-order valence-corrected chi connectivity index (χ4v) is 4.68. The average Bonchev–Trinajstić information content (AvgIpc) is 2.79. The third-order valence-electron chi connectivity index (χ3n) is 5.82. The second-order valence-corrected chi connectivity index (χ2v) is 9.97. The van der Waals surface area contributed by atoms with Crippen molar-refractivity contribution < 1.29 is 17.9 Å². The molecule has 5 rings (SSSR count). The number of sulfone groups is 1. The van der Waals surface area contributed by atoms with Gasteiger partial charge in [-0.25, -0.2) is 18.4 Å². The van der Waals surface area contributed by atoms with Crippen LogP contribution < -0.4 is 9.64 Å². The van der Waals surface area contributed by atoms with E-state index in [1.54, 1.807) is 24.5 Å². The van der Waals surface area contributed by atoms with Gasteiger partial charge in [0.05, 0.1) is 11.5 Å². The Morgan fingerprint density at radius 3 is 2.32 bits per heavy atom. The molecule has 2 aliphatic heterocycles. The molecule has 0 N–H and O–H groups in total. The van der Waals surface area contributed by atoms with Crippen molar-refractivity contribution in [3.8, 4) is 16.9 Å². The third kappa shape index (κ3) is 4.00. The smallest absolute Gasteiger partial charge is 0.225 e. The molecular formula is C23H23N3O4S. The van der Waals surface area contributed by atoms with E-state index in [1.807, 2.05) is 36.4 Å². The second-order valence-electron chi connectivity index (χ2n) is 7.96. The molecule has 0 saturated carbocycles. The minimum atomic E-state index is -3.21. The first kappa shape index (κ1) is 20.0. The molecule has 0 atom stereocenters. The van der Waals surface area contributed by atoms with Crippen molar-refractivity contribution in [2.45, 2.75) is 30.1 Å². The molecule has 1 fully saturated rings. The molecule has 2 aromatic carbocycles. The highest BCUT2D eigenvalue weighted by Crippen LogP contribution is 2.39. The zero-order valence-electron chi connectivity index (χ0n) is 17.2. The fraction of sp³-hybridized carbons (Fsp3) is 0.304. The minimum absolute atomic E-state index is 0.315. The molecular weight excluding hydrogens is 414 g/mol. The minimum Gasteiger partial charge on any atom is -0.462 e. The number of rotatable bonds is 3. The molecule has 8 heteroatoms. The molecule has 1 spiro atoms. The average molecular weight is 438 g/mol. The van der Waals surface area contributed by atoms with Gasteiger partial charge in [0.15, 0.2) is 9.84 Å². The molecule has 0 unspecified atom stereocenters. The zero-order chi connectivity index (χ0) is 21.5. The number of nitrogens with zero attached hydrogens (tertiary/aromatic N) is 3. The van der Waals surface area contributed by atoms with Crippen LogP contribution in [0.2, 0.25) is 0 Å². The lowest BCUT2D eigenvalue weighted by Crippen LogP contribution is -2.51. The molecule has 2 aliphatic rings. The van der Waals surface area contributed by atoms with Crippen molar-refractivity contribution in [3.05, 3.63) is 66.5 Å². The summed E-state index contributed by atoms with van der Waals surface area (Å²) in [6.45, 7) is 2.01. The van der Waals surface area contributed by atoms with E-state index in [4.69, 9.17) is 9.47 Å². The van der Waals surface area contributed by atoms with Gasteiger partial charge in [-0.05, 0) is 41.5 Å². The van der Waals surface area contributed by atoms with E-state index in [-0.39, 0.29) is 0 Å². The Morgan fingerprint density at radius 2 is 1.65 bits per heavy atom. The maximum atomic E-state index is 11.7. The van der Waals surface area contributed by atoms with E-state index in [0.717, 1.165) is 54.3 Å². The predicted molar refractivity (Wildman–Crippen MR) is 117 cm³/mol. The van der Waals surface area contributed by atoms with Crippen molar-refractivity contribution >= 4 is 15.8 Å². The van der Waals surface area contributed by atoms with E-state index < -0.39 is 15.6 Å². The van der Waals surface area contributed by atoms with Crippen LogP contribution in [0.15, 0.2) is 65.8 Å². The molecule has 3 aromatic rings. The van der Waals surface area contributed by atoms with Crippen LogP contribution in [0.25, 0.3) is 11.1 Å². The van der Waals surface area contributed by atoms with E-state index in [1.165, 1.54) is 6.26 Å². The third-order valence-corrected chi connectivity index (χ3v) is 6.95. The van der Waals surface area contributed by atoms with E-state index in [2.05, 4.69) is 14.9 Å². The zero-order valence-corrected chi connectivity index (χ0v) is 18.0. The summed E-state index contributed by atoms with van der Waals surface area (Å²) >= 11 is 0. The van der Waals surface area contributed by atoms with Crippen LogP contribution in [0.4, 0.5) is 5.95 Å². The topological polar surface area (TPSA) is 81.6 Å². The van der Waals surface area contributed by atoms with Crippen LogP contribution in [0.5, 0.6) is 5.75 Å². The van der Waals surface area contributed by atoms with Crippen molar-refractivity contribution in [1.82, 2.24) is 9.97 Å². The number of benzene rings is 2. The van der Waals surface area contributed by atoms with E-state index in [9.17, 15) is 8.42 Å². The number of piperidine rings is 1. The molecule has 1 saturated heterocycles. The summed E-state index contributed by atoms with van der Waals surface area (Å²) in [5, 5.41) is 0. The molecule has 0 radical (unpaired) electrons. The molecule has 160 valence electrons. The van der Waals surface area contributed by atoms with Crippen LogP contribution in [0.1, 0.15) is 18.4 Å². The van der Waals surface area contributed by atoms with Crippen LogP contribution in [0.3, 0.4) is 0 Å². The molecule has 1 aromatic heterocycles. The van der Waals surface area contributed by atoms with Crippen molar-refractivity contribution in [2.24, 2.45) is 0 Å². The summed E-state index contributed by atoms with van der Waals surface area (Å²) in [5.41, 5.74) is 2.94. The summed E-state index contributed by atoms with van der Waals surface area (Å²) in [7, 11) is -3.21. The number of anilines is 1. The predicted octanol–water partition coefficient (Wildman–Crippen LogP) is 3.45. The van der Waals surface area contributed by atoms with Gasteiger partial charge >= 0.3 is 0 Å². The van der Waals surface area contributed by atoms with Crippen LogP contribution in [-0.4, -0.2) is 43.5 Å². The number of ether oxygens (including phenoxy) is 2. The number of fused-ring (bicyclic) bond motifs is 1. The largest absolute Gasteiger partial charge is 0.462 e. The summed E-state index contributed by atoms with van der Waals surface area (Å²) in [6, 6.07) is 14.8. The van der Waals surface area contributed by atoms with Crippen LogP contribution >= 0.6 is 0 Å². The van der Waals surface area contributed by atoms with Gasteiger partial charge in [0.2, 0.25) is 11.7 Å². The number of hydrogen-bond acceptors (Lipinski definition) is 7. The van der Waals surface area contributed by atoms with Crippen molar-refractivity contribution in [1.29, 1.82) is 0 Å². The van der Waals surface area contributed by atoms with Crippen molar-refractivity contribution in [3.63, 3.8) is 0 Å². The standard InChI is InChI=1S/C23H23N3O4S/c1-31(27,28)20-6-3-17(4-7-20)18-5-8-21-19(15-18)16-29-23(30-21)9-13-26(14-10-23)22-24-11-2-12-25-22/h2-8,11-12,15H,9-10,13-14,16H2,1H3. The molecule has 3 heterocycles. The van der Waals surface area contributed by atoms with Crippen molar-refractivity contribution in [2.75, 3.05) is 24.2 Å². The first-order chi connectivity index (χ1) is 14.9.